The highest BCUT2D eigenvalue weighted by molar-refractivity contribution is 5.81. The van der Waals surface area contributed by atoms with Crippen LogP contribution in [0.5, 0.6) is 0 Å². The molecule has 1 N–H and O–H groups in total. The second-order valence-corrected chi connectivity index (χ2v) is 6.94. The van der Waals surface area contributed by atoms with Gasteiger partial charge in [-0.3, -0.25) is 14.5 Å². The molecular weight excluding hydrogens is 294 g/mol. The first-order chi connectivity index (χ1) is 11.0. The van der Waals surface area contributed by atoms with E-state index in [2.05, 4.69) is 10.2 Å². The molecule has 23 heavy (non-hydrogen) atoms. The van der Waals surface area contributed by atoms with Crippen LogP contribution < -0.4 is 5.32 Å². The van der Waals surface area contributed by atoms with Crippen LogP contribution in [-0.4, -0.2) is 72.6 Å². The first-order valence-corrected chi connectivity index (χ1v) is 8.91. The topological polar surface area (TPSA) is 61.9 Å². The molecule has 2 rings (SSSR count). The molecule has 0 aromatic rings. The maximum atomic E-state index is 12.3. The number of carbonyl (C=O) groups is 2. The zero-order chi connectivity index (χ0) is 16.8. The van der Waals surface area contributed by atoms with E-state index in [4.69, 9.17) is 4.74 Å². The summed E-state index contributed by atoms with van der Waals surface area (Å²) < 4.78 is 5.37. The van der Waals surface area contributed by atoms with Crippen LogP contribution in [0.15, 0.2) is 0 Å². The van der Waals surface area contributed by atoms with E-state index in [-0.39, 0.29) is 30.6 Å². The first-order valence-electron chi connectivity index (χ1n) is 8.91. The molecule has 6 nitrogen and oxygen atoms in total. The molecule has 1 heterocycles. The van der Waals surface area contributed by atoms with Gasteiger partial charge in [0, 0.05) is 32.2 Å². The Balaban J connectivity index is 1.72. The van der Waals surface area contributed by atoms with Gasteiger partial charge < -0.3 is 15.0 Å². The van der Waals surface area contributed by atoms with Crippen molar-refractivity contribution in [3.8, 4) is 0 Å². The average Bonchev–Trinajstić information content (AvgIpc) is 3.05. The largest absolute Gasteiger partial charge is 0.369 e. The molecule has 0 unspecified atom stereocenters. The Hall–Kier alpha value is -1.14. The van der Waals surface area contributed by atoms with Gasteiger partial charge >= 0.3 is 0 Å². The van der Waals surface area contributed by atoms with E-state index < -0.39 is 0 Å². The lowest BCUT2D eigenvalue weighted by Gasteiger charge is -2.37. The Bertz CT molecular complexity index is 400. The van der Waals surface area contributed by atoms with E-state index in [1.54, 1.807) is 0 Å². The van der Waals surface area contributed by atoms with Crippen molar-refractivity contribution in [2.24, 2.45) is 0 Å². The first kappa shape index (κ1) is 18.2. The second kappa shape index (κ2) is 8.64. The van der Waals surface area contributed by atoms with Crippen molar-refractivity contribution in [1.29, 1.82) is 0 Å². The van der Waals surface area contributed by atoms with Gasteiger partial charge in [-0.25, -0.2) is 0 Å². The summed E-state index contributed by atoms with van der Waals surface area (Å²) in [6.07, 6.45) is 4.73. The summed E-state index contributed by atoms with van der Waals surface area (Å²) in [6.45, 7) is 8.78. The predicted octanol–water partition coefficient (Wildman–Crippen LogP) is 1.00. The highest BCUT2D eigenvalue weighted by Crippen LogP contribution is 2.18. The Labute approximate surface area is 139 Å². The number of hydrogen-bond donors (Lipinski definition) is 1. The highest BCUT2D eigenvalue weighted by atomic mass is 16.5. The molecule has 132 valence electrons. The highest BCUT2D eigenvalue weighted by Gasteiger charge is 2.29. The Kier molecular flexibility index (Phi) is 6.84. The van der Waals surface area contributed by atoms with Gasteiger partial charge in [-0.15, -0.1) is 0 Å². The third kappa shape index (κ3) is 5.46. The lowest BCUT2D eigenvalue weighted by Crippen LogP contribution is -2.56. The minimum absolute atomic E-state index is 0.0430. The SMILES string of the molecule is CC(C)OCC(=O)N1CCN([C@H](C)C(=O)NC2CCCC2)CC1. The Morgan fingerprint density at radius 3 is 2.26 bits per heavy atom. The molecule has 0 radical (unpaired) electrons. The molecular formula is C17H31N3O3. The van der Waals surface area contributed by atoms with E-state index in [1.807, 2.05) is 25.7 Å². The molecule has 0 aromatic carbocycles. The Morgan fingerprint density at radius 2 is 1.70 bits per heavy atom. The third-order valence-corrected chi connectivity index (χ3v) is 4.84. The summed E-state index contributed by atoms with van der Waals surface area (Å²) in [6, 6.07) is 0.237. The van der Waals surface area contributed by atoms with Crippen molar-refractivity contribution < 1.29 is 14.3 Å². The fourth-order valence-corrected chi connectivity index (χ4v) is 3.25. The van der Waals surface area contributed by atoms with Crippen LogP contribution in [0.25, 0.3) is 0 Å². The molecule has 1 aliphatic carbocycles. The van der Waals surface area contributed by atoms with Gasteiger partial charge in [0.25, 0.3) is 0 Å². The number of piperazine rings is 1. The number of amides is 2. The summed E-state index contributed by atoms with van der Waals surface area (Å²) in [4.78, 5) is 28.4. The van der Waals surface area contributed by atoms with Gasteiger partial charge in [-0.05, 0) is 33.6 Å². The van der Waals surface area contributed by atoms with Crippen molar-refractivity contribution in [3.63, 3.8) is 0 Å². The molecule has 1 atom stereocenters. The fraction of sp³-hybridized carbons (Fsp3) is 0.882. The normalized spacial score (nSPS) is 21.7. The minimum atomic E-state index is -0.125. The fourth-order valence-electron chi connectivity index (χ4n) is 3.25. The van der Waals surface area contributed by atoms with Gasteiger partial charge in [0.05, 0.1) is 12.1 Å². The van der Waals surface area contributed by atoms with E-state index in [9.17, 15) is 9.59 Å². The molecule has 0 spiro atoms. The smallest absolute Gasteiger partial charge is 0.248 e. The summed E-state index contributed by atoms with van der Waals surface area (Å²) in [5, 5.41) is 3.16. The number of nitrogens with zero attached hydrogens (tertiary/aromatic N) is 2. The van der Waals surface area contributed by atoms with Crippen LogP contribution in [0.3, 0.4) is 0 Å². The van der Waals surface area contributed by atoms with Gasteiger partial charge in [0.2, 0.25) is 11.8 Å². The van der Waals surface area contributed by atoms with Crippen LogP contribution in [0.1, 0.15) is 46.5 Å². The quantitative estimate of drug-likeness (QED) is 0.791. The number of hydrogen-bond acceptors (Lipinski definition) is 4. The molecule has 0 bridgehead atoms. The number of carbonyl (C=O) groups excluding carboxylic acids is 2. The van der Waals surface area contributed by atoms with Crippen LogP contribution >= 0.6 is 0 Å². The zero-order valence-corrected chi connectivity index (χ0v) is 14.7. The standard InChI is InChI=1S/C17H31N3O3/c1-13(2)23-12-16(21)20-10-8-19(9-11-20)14(3)17(22)18-15-6-4-5-7-15/h13-15H,4-12H2,1-3H3,(H,18,22)/t14-/m1/s1. The van der Waals surface area contributed by atoms with Gasteiger partial charge in [-0.1, -0.05) is 12.8 Å². The molecule has 1 saturated carbocycles. The molecule has 0 aromatic heterocycles. The summed E-state index contributed by atoms with van der Waals surface area (Å²) in [5.41, 5.74) is 0. The molecule has 2 fully saturated rings. The second-order valence-electron chi connectivity index (χ2n) is 6.94. The molecule has 2 amide bonds. The third-order valence-electron chi connectivity index (χ3n) is 4.84. The van der Waals surface area contributed by atoms with Crippen LogP contribution in [-0.2, 0) is 14.3 Å². The van der Waals surface area contributed by atoms with E-state index in [1.165, 1.54) is 12.8 Å². The molecule has 6 heteroatoms. The van der Waals surface area contributed by atoms with E-state index in [0.29, 0.717) is 19.1 Å². The summed E-state index contributed by atoms with van der Waals surface area (Å²) in [7, 11) is 0. The van der Waals surface area contributed by atoms with Gasteiger partial charge in [0.1, 0.15) is 6.61 Å². The van der Waals surface area contributed by atoms with Crippen LogP contribution in [0.2, 0.25) is 0 Å². The molecule has 1 aliphatic heterocycles. The minimum Gasteiger partial charge on any atom is -0.369 e. The van der Waals surface area contributed by atoms with Crippen molar-refractivity contribution in [3.05, 3.63) is 0 Å². The monoisotopic (exact) mass is 325 g/mol. The molecule has 2 aliphatic rings. The maximum absolute atomic E-state index is 12.3. The summed E-state index contributed by atoms with van der Waals surface area (Å²) >= 11 is 0. The van der Waals surface area contributed by atoms with Gasteiger partial charge in [0.15, 0.2) is 0 Å². The Morgan fingerprint density at radius 1 is 1.09 bits per heavy atom. The lowest BCUT2D eigenvalue weighted by atomic mass is 10.2. The maximum Gasteiger partial charge on any atom is 0.248 e. The average molecular weight is 325 g/mol. The summed E-state index contributed by atoms with van der Waals surface area (Å²) in [5.74, 6) is 0.168. The van der Waals surface area contributed by atoms with Crippen molar-refractivity contribution in [2.45, 2.75) is 64.6 Å². The number of nitrogens with one attached hydrogen (secondary N) is 1. The van der Waals surface area contributed by atoms with Crippen LogP contribution in [0, 0.1) is 0 Å². The van der Waals surface area contributed by atoms with E-state index >= 15 is 0 Å². The predicted molar refractivity (Wildman–Crippen MR) is 89.1 cm³/mol. The van der Waals surface area contributed by atoms with Crippen molar-refractivity contribution in [1.82, 2.24) is 15.1 Å². The lowest BCUT2D eigenvalue weighted by molar-refractivity contribution is -0.140. The van der Waals surface area contributed by atoms with Gasteiger partial charge in [-0.2, -0.15) is 0 Å². The number of ether oxygens (including phenoxy) is 1. The van der Waals surface area contributed by atoms with Crippen LogP contribution in [0.4, 0.5) is 0 Å². The van der Waals surface area contributed by atoms with E-state index in [0.717, 1.165) is 25.9 Å². The number of rotatable bonds is 6. The zero-order valence-electron chi connectivity index (χ0n) is 14.7. The molecule has 1 saturated heterocycles. The van der Waals surface area contributed by atoms with Crippen molar-refractivity contribution >= 4 is 11.8 Å². The van der Waals surface area contributed by atoms with Crippen molar-refractivity contribution in [2.75, 3.05) is 32.8 Å².